The predicted molar refractivity (Wildman–Crippen MR) is 130 cm³/mol. The van der Waals surface area contributed by atoms with Crippen LogP contribution in [0.5, 0.6) is 0 Å². The van der Waals surface area contributed by atoms with Crippen molar-refractivity contribution in [1.82, 2.24) is 5.32 Å². The monoisotopic (exact) mass is 473 g/mol. The lowest BCUT2D eigenvalue weighted by Crippen LogP contribution is -2.32. The number of hydrogen-bond acceptors (Lipinski definition) is 6. The summed E-state index contributed by atoms with van der Waals surface area (Å²) in [5, 5.41) is 2.42. The molecule has 0 aromatic heterocycles. The van der Waals surface area contributed by atoms with Crippen molar-refractivity contribution >= 4 is 18.0 Å². The molecule has 1 aliphatic rings. The molecule has 0 saturated heterocycles. The summed E-state index contributed by atoms with van der Waals surface area (Å²) in [4.78, 5) is 35.8. The topological polar surface area (TPSA) is 90.9 Å². The lowest BCUT2D eigenvalue weighted by molar-refractivity contribution is -0.147. The fourth-order valence-corrected chi connectivity index (χ4v) is 4.06. The lowest BCUT2D eigenvalue weighted by Gasteiger charge is -2.14. The molecule has 4 rings (SSSR count). The average molecular weight is 474 g/mol. The van der Waals surface area contributed by atoms with Gasteiger partial charge in [-0.2, -0.15) is 0 Å². The van der Waals surface area contributed by atoms with Crippen LogP contribution in [0.2, 0.25) is 0 Å². The quantitative estimate of drug-likeness (QED) is 0.263. The molecule has 0 radical (unpaired) electrons. The van der Waals surface area contributed by atoms with E-state index in [4.69, 9.17) is 14.2 Å². The zero-order valence-electron chi connectivity index (χ0n) is 19.3. The number of hydrogen-bond donors (Lipinski definition) is 1. The number of esters is 2. The van der Waals surface area contributed by atoms with Crippen LogP contribution in [-0.4, -0.2) is 37.8 Å². The third kappa shape index (κ3) is 6.47. The van der Waals surface area contributed by atoms with Gasteiger partial charge in [-0.25, -0.2) is 4.79 Å². The van der Waals surface area contributed by atoms with Gasteiger partial charge in [0.15, 0.2) is 0 Å². The molecule has 0 spiro atoms. The molecule has 7 heteroatoms. The Labute approximate surface area is 204 Å². The highest BCUT2D eigenvalue weighted by Crippen LogP contribution is 2.44. The van der Waals surface area contributed by atoms with Crippen molar-refractivity contribution in [1.29, 1.82) is 0 Å². The molecule has 1 amide bonds. The number of benzene rings is 3. The van der Waals surface area contributed by atoms with Gasteiger partial charge in [-0.1, -0.05) is 78.9 Å². The van der Waals surface area contributed by atoms with Crippen LogP contribution in [0.4, 0.5) is 4.79 Å². The summed E-state index contributed by atoms with van der Waals surface area (Å²) >= 11 is 0. The second-order valence-electron chi connectivity index (χ2n) is 8.15. The highest BCUT2D eigenvalue weighted by molar-refractivity contribution is 5.80. The molecule has 0 atom stereocenters. The van der Waals surface area contributed by atoms with E-state index in [9.17, 15) is 14.4 Å². The third-order valence-electron chi connectivity index (χ3n) is 5.75. The molecule has 0 fully saturated rings. The minimum Gasteiger partial charge on any atom is -0.464 e. The molecular formula is C28H27NO6. The summed E-state index contributed by atoms with van der Waals surface area (Å²) in [7, 11) is 0. The molecule has 0 heterocycles. The number of ether oxygens (including phenoxy) is 3. The van der Waals surface area contributed by atoms with Gasteiger partial charge >= 0.3 is 18.0 Å². The number of rotatable bonds is 10. The summed E-state index contributed by atoms with van der Waals surface area (Å²) in [5.41, 5.74) is 5.42. The van der Waals surface area contributed by atoms with Crippen LogP contribution in [0.1, 0.15) is 35.4 Å². The van der Waals surface area contributed by atoms with Gasteiger partial charge < -0.3 is 19.5 Å². The van der Waals surface area contributed by atoms with E-state index in [1.807, 2.05) is 66.7 Å². The van der Waals surface area contributed by atoms with Crippen molar-refractivity contribution in [3.05, 3.63) is 95.6 Å². The van der Waals surface area contributed by atoms with Crippen molar-refractivity contribution < 1.29 is 28.6 Å². The molecule has 0 saturated carbocycles. The molecule has 180 valence electrons. The third-order valence-corrected chi connectivity index (χ3v) is 5.75. The van der Waals surface area contributed by atoms with Gasteiger partial charge in [0.1, 0.15) is 19.8 Å². The van der Waals surface area contributed by atoms with Gasteiger partial charge in [0.2, 0.25) is 0 Å². The fourth-order valence-electron chi connectivity index (χ4n) is 4.06. The number of alkyl carbamates (subject to hydrolysis) is 1. The standard InChI is InChI=1S/C28H27NO6/c30-26(34-18-20-9-2-1-3-10-20)15-8-16-33-27(31)17-29-28(32)35-19-25-23-13-6-4-11-21(23)22-12-5-7-14-24(22)25/h1-7,9-14,25H,8,15-19H2,(H,29,32). The first-order valence-electron chi connectivity index (χ1n) is 11.6. The van der Waals surface area contributed by atoms with Gasteiger partial charge in [-0.3, -0.25) is 9.59 Å². The van der Waals surface area contributed by atoms with Crippen LogP contribution < -0.4 is 5.32 Å². The summed E-state index contributed by atoms with van der Waals surface area (Å²) in [5.74, 6) is -1.01. The molecule has 3 aromatic rings. The molecule has 1 N–H and O–H groups in total. The van der Waals surface area contributed by atoms with Crippen LogP contribution in [0, 0.1) is 0 Å². The first-order valence-corrected chi connectivity index (χ1v) is 11.6. The SMILES string of the molecule is O=C(CCCOC(=O)CNC(=O)OCC1c2ccccc2-c2ccccc21)OCc1ccccc1. The lowest BCUT2D eigenvalue weighted by atomic mass is 9.98. The first kappa shape index (κ1) is 24.0. The van der Waals surface area contributed by atoms with Crippen molar-refractivity contribution in [2.24, 2.45) is 0 Å². The summed E-state index contributed by atoms with van der Waals surface area (Å²) < 4.78 is 15.6. The Balaban J connectivity index is 1.12. The van der Waals surface area contributed by atoms with Crippen LogP contribution in [-0.2, 0) is 30.4 Å². The van der Waals surface area contributed by atoms with Gasteiger partial charge in [0.25, 0.3) is 0 Å². The number of nitrogens with one attached hydrogen (secondary N) is 1. The Morgan fingerprint density at radius 3 is 2.03 bits per heavy atom. The number of carbonyl (C=O) groups is 3. The second kappa shape index (κ2) is 11.8. The van der Waals surface area contributed by atoms with Crippen LogP contribution in [0.3, 0.4) is 0 Å². The second-order valence-corrected chi connectivity index (χ2v) is 8.15. The van der Waals surface area contributed by atoms with Crippen molar-refractivity contribution in [3.63, 3.8) is 0 Å². The van der Waals surface area contributed by atoms with E-state index >= 15 is 0 Å². The average Bonchev–Trinajstić information content (AvgIpc) is 3.22. The zero-order valence-corrected chi connectivity index (χ0v) is 19.3. The van der Waals surface area contributed by atoms with E-state index in [0.29, 0.717) is 6.42 Å². The molecule has 0 aliphatic heterocycles. The molecule has 0 unspecified atom stereocenters. The summed E-state index contributed by atoms with van der Waals surface area (Å²) in [6, 6.07) is 25.5. The van der Waals surface area contributed by atoms with E-state index < -0.39 is 12.1 Å². The van der Waals surface area contributed by atoms with E-state index in [0.717, 1.165) is 27.8 Å². The normalized spacial score (nSPS) is 11.8. The molecule has 35 heavy (non-hydrogen) atoms. The Hall–Kier alpha value is -4.13. The Kier molecular flexibility index (Phi) is 8.12. The van der Waals surface area contributed by atoms with Crippen molar-refractivity contribution in [2.45, 2.75) is 25.4 Å². The zero-order chi connectivity index (χ0) is 24.5. The molecular weight excluding hydrogens is 446 g/mol. The number of fused-ring (bicyclic) bond motifs is 3. The maximum atomic E-state index is 12.1. The minimum atomic E-state index is -0.687. The van der Waals surface area contributed by atoms with E-state index in [1.54, 1.807) is 0 Å². The van der Waals surface area contributed by atoms with Gasteiger partial charge in [-0.05, 0) is 34.2 Å². The largest absolute Gasteiger partial charge is 0.464 e. The summed E-state index contributed by atoms with van der Waals surface area (Å²) in [6.07, 6.45) is -0.210. The van der Waals surface area contributed by atoms with E-state index in [2.05, 4.69) is 17.4 Å². The number of carbonyl (C=O) groups excluding carboxylic acids is 3. The Morgan fingerprint density at radius 1 is 0.714 bits per heavy atom. The van der Waals surface area contributed by atoms with Gasteiger partial charge in [0, 0.05) is 12.3 Å². The molecule has 3 aromatic carbocycles. The molecule has 1 aliphatic carbocycles. The van der Waals surface area contributed by atoms with Crippen molar-refractivity contribution in [2.75, 3.05) is 19.8 Å². The molecule has 0 bridgehead atoms. The van der Waals surface area contributed by atoms with Crippen LogP contribution in [0.25, 0.3) is 11.1 Å². The van der Waals surface area contributed by atoms with E-state index in [-0.39, 0.29) is 44.7 Å². The molecule has 7 nitrogen and oxygen atoms in total. The maximum Gasteiger partial charge on any atom is 0.407 e. The Bertz CT molecular complexity index is 1130. The highest BCUT2D eigenvalue weighted by Gasteiger charge is 2.29. The minimum absolute atomic E-state index is 0.0539. The number of amides is 1. The van der Waals surface area contributed by atoms with Crippen molar-refractivity contribution in [3.8, 4) is 11.1 Å². The predicted octanol–water partition coefficient (Wildman–Crippen LogP) is 4.59. The van der Waals surface area contributed by atoms with Gasteiger partial charge in [0.05, 0.1) is 6.61 Å². The Morgan fingerprint density at radius 2 is 1.34 bits per heavy atom. The maximum absolute atomic E-state index is 12.1. The van der Waals surface area contributed by atoms with Crippen LogP contribution in [0.15, 0.2) is 78.9 Å². The van der Waals surface area contributed by atoms with Crippen LogP contribution >= 0.6 is 0 Å². The highest BCUT2D eigenvalue weighted by atomic mass is 16.6. The summed E-state index contributed by atoms with van der Waals surface area (Å²) in [6.45, 7) is 0.129. The van der Waals surface area contributed by atoms with E-state index in [1.165, 1.54) is 0 Å². The first-order chi connectivity index (χ1) is 17.1. The smallest absolute Gasteiger partial charge is 0.407 e. The van der Waals surface area contributed by atoms with Gasteiger partial charge in [-0.15, -0.1) is 0 Å². The fraction of sp³-hybridized carbons (Fsp3) is 0.250.